The maximum atomic E-state index is 8.89. The lowest BCUT2D eigenvalue weighted by molar-refractivity contribution is -0.328. The van der Waals surface area contributed by atoms with E-state index in [1.165, 1.54) is 0 Å². The van der Waals surface area contributed by atoms with Crippen LogP contribution >= 0.6 is 0 Å². The highest BCUT2D eigenvalue weighted by atomic mass is 16.7. The van der Waals surface area contributed by atoms with E-state index in [-0.39, 0.29) is 0 Å². The first-order valence-corrected chi connectivity index (χ1v) is 3.10. The lowest BCUT2D eigenvalue weighted by atomic mass is 10.0. The van der Waals surface area contributed by atoms with Crippen molar-refractivity contribution in [2.75, 3.05) is 0 Å². The van der Waals surface area contributed by atoms with Gasteiger partial charge in [-0.05, 0) is 0 Å². The molecule has 0 radical (unpaired) electrons. The van der Waals surface area contributed by atoms with Gasteiger partial charge in [0.05, 0.1) is 0 Å². The first kappa shape index (κ1) is 8.85. The predicted molar refractivity (Wildman–Crippen MR) is 31.1 cm³/mol. The summed E-state index contributed by atoms with van der Waals surface area (Å²) in [5, 5.41) is 44.0. The number of aliphatic hydroxyl groups is 5. The summed E-state index contributed by atoms with van der Waals surface area (Å²) in [5.41, 5.74) is 0. The molecule has 5 N–H and O–H groups in total. The smallest absolute Gasteiger partial charge is 0.186 e. The molecule has 11 heavy (non-hydrogen) atoms. The lowest BCUT2D eigenvalue weighted by Gasteiger charge is -2.35. The van der Waals surface area contributed by atoms with E-state index in [4.69, 9.17) is 25.5 Å². The van der Waals surface area contributed by atoms with Gasteiger partial charge in [0.2, 0.25) is 0 Å². The molecule has 0 amide bonds. The van der Waals surface area contributed by atoms with Crippen LogP contribution in [0, 0.1) is 0 Å². The van der Waals surface area contributed by atoms with Crippen molar-refractivity contribution >= 4 is 0 Å². The average Bonchev–Trinajstić information content (AvgIpc) is 1.97. The average molecular weight is 166 g/mol. The minimum absolute atomic E-state index is 1.59. The van der Waals surface area contributed by atoms with Crippen LogP contribution < -0.4 is 0 Å². The fourth-order valence-electron chi connectivity index (χ4n) is 0.843. The first-order chi connectivity index (χ1) is 5.04. The molecule has 5 atom stereocenters. The van der Waals surface area contributed by atoms with Crippen LogP contribution in [0.2, 0.25) is 0 Å². The van der Waals surface area contributed by atoms with Gasteiger partial charge in [-0.1, -0.05) is 0 Å². The van der Waals surface area contributed by atoms with E-state index < -0.39 is 30.9 Å². The summed E-state index contributed by atoms with van der Waals surface area (Å²) in [7, 11) is 0. The molecule has 1 unspecified atom stereocenters. The molecular formula is C5H10O6. The third-order valence-electron chi connectivity index (χ3n) is 1.56. The first-order valence-electron chi connectivity index (χ1n) is 3.10. The molecule has 0 bridgehead atoms. The fraction of sp³-hybridized carbons (Fsp3) is 1.00. The van der Waals surface area contributed by atoms with Crippen LogP contribution in [0.4, 0.5) is 0 Å². The second-order valence-electron chi connectivity index (χ2n) is 2.39. The Labute approximate surface area is 62.3 Å². The van der Waals surface area contributed by atoms with Crippen LogP contribution in [0.25, 0.3) is 0 Å². The number of hydrogen-bond donors (Lipinski definition) is 5. The number of rotatable bonds is 0. The number of aliphatic hydroxyl groups excluding tert-OH is 5. The predicted octanol–water partition coefficient (Wildman–Crippen LogP) is -3.26. The molecule has 1 rings (SSSR count). The highest BCUT2D eigenvalue weighted by Crippen LogP contribution is 2.17. The maximum Gasteiger partial charge on any atom is 0.186 e. The molecule has 0 aromatic rings. The van der Waals surface area contributed by atoms with Gasteiger partial charge in [0.15, 0.2) is 12.6 Å². The van der Waals surface area contributed by atoms with E-state index >= 15 is 0 Å². The lowest BCUT2D eigenvalue weighted by Crippen LogP contribution is -2.57. The fourth-order valence-corrected chi connectivity index (χ4v) is 0.843. The molecule has 1 aliphatic heterocycles. The summed E-state index contributed by atoms with van der Waals surface area (Å²) in [6.45, 7) is 0. The monoisotopic (exact) mass is 166 g/mol. The summed E-state index contributed by atoms with van der Waals surface area (Å²) < 4.78 is 4.23. The molecule has 0 aromatic heterocycles. The van der Waals surface area contributed by atoms with Crippen molar-refractivity contribution in [3.05, 3.63) is 0 Å². The van der Waals surface area contributed by atoms with Gasteiger partial charge >= 0.3 is 0 Å². The molecule has 66 valence electrons. The molecule has 1 heterocycles. The van der Waals surface area contributed by atoms with Gasteiger partial charge < -0.3 is 30.3 Å². The van der Waals surface area contributed by atoms with Crippen molar-refractivity contribution in [1.29, 1.82) is 0 Å². The molecule has 1 saturated heterocycles. The summed E-state index contributed by atoms with van der Waals surface area (Å²) in [6, 6.07) is 0. The van der Waals surface area contributed by atoms with Crippen molar-refractivity contribution in [2.45, 2.75) is 30.9 Å². The zero-order chi connectivity index (χ0) is 8.59. The van der Waals surface area contributed by atoms with Gasteiger partial charge in [0.1, 0.15) is 18.3 Å². The second-order valence-corrected chi connectivity index (χ2v) is 2.39. The molecule has 6 nitrogen and oxygen atoms in total. The Balaban J connectivity index is 2.63. The van der Waals surface area contributed by atoms with Gasteiger partial charge in [-0.15, -0.1) is 0 Å². The van der Waals surface area contributed by atoms with Gasteiger partial charge in [-0.25, -0.2) is 0 Å². The van der Waals surface area contributed by atoms with Crippen molar-refractivity contribution < 1.29 is 30.3 Å². The van der Waals surface area contributed by atoms with Crippen LogP contribution in [0.5, 0.6) is 0 Å². The van der Waals surface area contributed by atoms with Crippen molar-refractivity contribution in [1.82, 2.24) is 0 Å². The highest BCUT2D eigenvalue weighted by molar-refractivity contribution is 4.83. The number of hydrogen-bond acceptors (Lipinski definition) is 6. The molecule has 0 saturated carbocycles. The van der Waals surface area contributed by atoms with E-state index in [2.05, 4.69) is 4.74 Å². The third-order valence-corrected chi connectivity index (χ3v) is 1.56. The largest absolute Gasteiger partial charge is 0.387 e. The molecule has 1 aliphatic rings. The van der Waals surface area contributed by atoms with Crippen molar-refractivity contribution in [3.63, 3.8) is 0 Å². The van der Waals surface area contributed by atoms with E-state index in [1.807, 2.05) is 0 Å². The van der Waals surface area contributed by atoms with Crippen LogP contribution in [-0.4, -0.2) is 56.4 Å². The molecule has 1 fully saturated rings. The van der Waals surface area contributed by atoms with Gasteiger partial charge in [0.25, 0.3) is 0 Å². The normalized spacial score (nSPS) is 52.6. The molecule has 0 aliphatic carbocycles. The van der Waals surface area contributed by atoms with E-state index in [9.17, 15) is 0 Å². The van der Waals surface area contributed by atoms with E-state index in [1.54, 1.807) is 0 Å². The zero-order valence-electron chi connectivity index (χ0n) is 5.53. The Hall–Kier alpha value is -0.240. The highest BCUT2D eigenvalue weighted by Gasteiger charge is 2.42. The quantitative estimate of drug-likeness (QED) is 0.258. The molecular weight excluding hydrogens is 156 g/mol. The third kappa shape index (κ3) is 1.51. The van der Waals surface area contributed by atoms with E-state index in [0.29, 0.717) is 0 Å². The Kier molecular flexibility index (Phi) is 2.43. The van der Waals surface area contributed by atoms with E-state index in [0.717, 1.165) is 0 Å². The van der Waals surface area contributed by atoms with Gasteiger partial charge in [0, 0.05) is 0 Å². The molecule has 6 heteroatoms. The van der Waals surface area contributed by atoms with Crippen LogP contribution in [0.1, 0.15) is 0 Å². The van der Waals surface area contributed by atoms with Gasteiger partial charge in [-0.2, -0.15) is 0 Å². The maximum absolute atomic E-state index is 8.89. The second kappa shape index (κ2) is 3.02. The zero-order valence-corrected chi connectivity index (χ0v) is 5.53. The minimum atomic E-state index is -1.66. The van der Waals surface area contributed by atoms with Crippen LogP contribution in [0.15, 0.2) is 0 Å². The Morgan fingerprint density at radius 3 is 1.36 bits per heavy atom. The SMILES string of the molecule is OC1[C@@H](O)[C@@H](O)O[C@@H](O)[C@H]1O. The van der Waals surface area contributed by atoms with Crippen molar-refractivity contribution in [3.8, 4) is 0 Å². The summed E-state index contributed by atoms with van der Waals surface area (Å²) in [5.74, 6) is 0. The topological polar surface area (TPSA) is 110 Å². The number of ether oxygens (including phenoxy) is 1. The molecule has 0 aromatic carbocycles. The van der Waals surface area contributed by atoms with Gasteiger partial charge in [-0.3, -0.25) is 0 Å². The summed E-state index contributed by atoms with van der Waals surface area (Å²) in [4.78, 5) is 0. The van der Waals surface area contributed by atoms with Crippen LogP contribution in [0.3, 0.4) is 0 Å². The minimum Gasteiger partial charge on any atom is -0.387 e. The summed E-state index contributed by atoms with van der Waals surface area (Å²) in [6.07, 6.45) is -8.10. The summed E-state index contributed by atoms with van der Waals surface area (Å²) >= 11 is 0. The Morgan fingerprint density at radius 1 is 0.636 bits per heavy atom. The molecule has 0 spiro atoms. The van der Waals surface area contributed by atoms with Crippen LogP contribution in [-0.2, 0) is 4.74 Å². The standard InChI is InChI=1S/C5H10O6/c6-1-2(7)4(9)11-5(10)3(1)8/h1-10H/t1?,2-,3+,4+,5-. The van der Waals surface area contributed by atoms with Crippen molar-refractivity contribution in [2.24, 2.45) is 0 Å². The Bertz CT molecular complexity index is 125. The Morgan fingerprint density at radius 2 is 1.00 bits per heavy atom.